The Morgan fingerprint density at radius 1 is 1.00 bits per heavy atom. The van der Waals surface area contributed by atoms with E-state index < -0.39 is 10.0 Å². The number of thiazole rings is 1. The third-order valence-electron chi connectivity index (χ3n) is 6.51. The molecule has 1 aromatic heterocycles. The fraction of sp³-hybridized carbons (Fsp3) is 0.480. The summed E-state index contributed by atoms with van der Waals surface area (Å²) in [4.78, 5) is 4.60. The second kappa shape index (κ2) is 9.12. The molecule has 0 aliphatic heterocycles. The SMILES string of the molecule is CCC(C)(C)c1ccc(OCNS(=O)(=O)c2ccc3nc(C)sc3c2)c(C(C)(C)CC)c1. The standard InChI is InChI=1S/C25H34N2O3S2/c1-8-24(4,5)18-10-13-22(20(14-18)25(6,7)9-2)30-16-26-32(28,29)19-11-12-21-23(15-19)31-17(3)27-21/h10-15,26H,8-9,16H2,1-7H3. The van der Waals surface area contributed by atoms with Crippen molar-refractivity contribution < 1.29 is 13.2 Å². The quantitative estimate of drug-likeness (QED) is 0.370. The van der Waals surface area contributed by atoms with Crippen molar-refractivity contribution in [2.45, 2.75) is 77.0 Å². The summed E-state index contributed by atoms with van der Waals surface area (Å²) in [5.74, 6) is 0.712. The van der Waals surface area contributed by atoms with Crippen molar-refractivity contribution in [2.75, 3.05) is 6.73 Å². The first-order valence-electron chi connectivity index (χ1n) is 11.0. The van der Waals surface area contributed by atoms with Crippen LogP contribution in [-0.2, 0) is 20.9 Å². The average molecular weight is 475 g/mol. The largest absolute Gasteiger partial charge is 0.477 e. The fourth-order valence-corrected chi connectivity index (χ4v) is 5.30. The molecule has 0 atom stereocenters. The molecule has 7 heteroatoms. The lowest BCUT2D eigenvalue weighted by Gasteiger charge is -2.30. The van der Waals surface area contributed by atoms with E-state index in [0.29, 0.717) is 5.75 Å². The van der Waals surface area contributed by atoms with Crippen LogP contribution in [0.2, 0.25) is 0 Å². The molecule has 0 unspecified atom stereocenters. The number of nitrogens with zero attached hydrogens (tertiary/aromatic N) is 1. The van der Waals surface area contributed by atoms with Crippen molar-refractivity contribution in [3.63, 3.8) is 0 Å². The molecule has 0 bridgehead atoms. The van der Waals surface area contributed by atoms with Crippen molar-refractivity contribution in [1.82, 2.24) is 9.71 Å². The predicted octanol–water partition coefficient (Wildman–Crippen LogP) is 6.29. The van der Waals surface area contributed by atoms with Crippen LogP contribution in [-0.4, -0.2) is 20.1 Å². The Balaban J connectivity index is 1.82. The lowest BCUT2D eigenvalue weighted by atomic mass is 9.76. The van der Waals surface area contributed by atoms with Crippen LogP contribution in [0.4, 0.5) is 0 Å². The maximum Gasteiger partial charge on any atom is 0.243 e. The zero-order valence-electron chi connectivity index (χ0n) is 20.1. The number of aryl methyl sites for hydroxylation is 1. The van der Waals surface area contributed by atoms with E-state index in [1.165, 1.54) is 16.9 Å². The van der Waals surface area contributed by atoms with Crippen LogP contribution in [0.15, 0.2) is 41.3 Å². The highest BCUT2D eigenvalue weighted by atomic mass is 32.2. The van der Waals surface area contributed by atoms with Gasteiger partial charge in [0.25, 0.3) is 0 Å². The van der Waals surface area contributed by atoms with Gasteiger partial charge in [0.15, 0.2) is 6.73 Å². The van der Waals surface area contributed by atoms with Gasteiger partial charge in [-0.1, -0.05) is 53.7 Å². The molecule has 1 heterocycles. The van der Waals surface area contributed by atoms with Gasteiger partial charge in [0.1, 0.15) is 5.75 Å². The van der Waals surface area contributed by atoms with Crippen molar-refractivity contribution in [3.8, 4) is 5.75 Å². The summed E-state index contributed by atoms with van der Waals surface area (Å²) < 4.78 is 35.1. The number of hydrogen-bond acceptors (Lipinski definition) is 5. The minimum absolute atomic E-state index is 0.0618. The number of ether oxygens (including phenoxy) is 1. The number of rotatable bonds is 9. The van der Waals surface area contributed by atoms with Crippen molar-refractivity contribution in [1.29, 1.82) is 0 Å². The number of sulfonamides is 1. The summed E-state index contributed by atoms with van der Waals surface area (Å²) in [7, 11) is -3.70. The van der Waals surface area contributed by atoms with Crippen LogP contribution >= 0.6 is 11.3 Å². The molecular formula is C25H34N2O3S2. The third kappa shape index (κ3) is 5.16. The van der Waals surface area contributed by atoms with Gasteiger partial charge in [-0.15, -0.1) is 11.3 Å². The van der Waals surface area contributed by atoms with Crippen LogP contribution in [0.25, 0.3) is 10.2 Å². The Morgan fingerprint density at radius 3 is 2.34 bits per heavy atom. The highest BCUT2D eigenvalue weighted by Crippen LogP contribution is 2.38. The number of aromatic nitrogens is 1. The Hall–Kier alpha value is -1.96. The molecule has 2 aromatic carbocycles. The van der Waals surface area contributed by atoms with E-state index in [2.05, 4.69) is 63.4 Å². The average Bonchev–Trinajstić information content (AvgIpc) is 3.12. The first kappa shape index (κ1) is 24.7. The van der Waals surface area contributed by atoms with Crippen LogP contribution in [0.3, 0.4) is 0 Å². The van der Waals surface area contributed by atoms with Gasteiger partial charge < -0.3 is 4.74 Å². The van der Waals surface area contributed by atoms with Crippen molar-refractivity contribution in [2.24, 2.45) is 0 Å². The minimum Gasteiger partial charge on any atom is -0.477 e. The van der Waals surface area contributed by atoms with Gasteiger partial charge in [0, 0.05) is 5.56 Å². The number of benzene rings is 2. The molecule has 0 fully saturated rings. The lowest BCUT2D eigenvalue weighted by Crippen LogP contribution is -2.29. The summed E-state index contributed by atoms with van der Waals surface area (Å²) in [6.07, 6.45) is 1.97. The monoisotopic (exact) mass is 474 g/mol. The van der Waals surface area contributed by atoms with Gasteiger partial charge in [0.2, 0.25) is 10.0 Å². The molecule has 0 saturated carbocycles. The van der Waals surface area contributed by atoms with Crippen LogP contribution < -0.4 is 9.46 Å². The van der Waals surface area contributed by atoms with Gasteiger partial charge in [0.05, 0.1) is 20.1 Å². The predicted molar refractivity (Wildman–Crippen MR) is 133 cm³/mol. The van der Waals surface area contributed by atoms with E-state index in [9.17, 15) is 8.42 Å². The molecule has 174 valence electrons. The maximum absolute atomic E-state index is 12.8. The van der Waals surface area contributed by atoms with Crippen molar-refractivity contribution in [3.05, 3.63) is 52.5 Å². The topological polar surface area (TPSA) is 68.3 Å². The Morgan fingerprint density at radius 2 is 1.69 bits per heavy atom. The first-order valence-corrected chi connectivity index (χ1v) is 13.3. The highest BCUT2D eigenvalue weighted by molar-refractivity contribution is 7.89. The highest BCUT2D eigenvalue weighted by Gasteiger charge is 2.27. The van der Waals surface area contributed by atoms with E-state index >= 15 is 0 Å². The molecule has 3 aromatic rings. The zero-order valence-corrected chi connectivity index (χ0v) is 21.7. The second-order valence-corrected chi connectivity index (χ2v) is 12.5. The number of nitrogens with one attached hydrogen (secondary N) is 1. The van der Waals surface area contributed by atoms with Crippen LogP contribution in [0.1, 0.15) is 70.5 Å². The molecule has 0 spiro atoms. The summed E-state index contributed by atoms with van der Waals surface area (Å²) in [6, 6.07) is 11.3. The molecule has 0 aliphatic carbocycles. The Labute approximate surface area is 196 Å². The lowest BCUT2D eigenvalue weighted by molar-refractivity contribution is 0.299. The van der Waals surface area contributed by atoms with Crippen LogP contribution in [0, 0.1) is 6.92 Å². The van der Waals surface area contributed by atoms with E-state index in [1.807, 2.05) is 13.0 Å². The molecule has 0 saturated heterocycles. The summed E-state index contributed by atoms with van der Waals surface area (Å²) in [5.41, 5.74) is 3.14. The maximum atomic E-state index is 12.8. The van der Waals surface area contributed by atoms with Gasteiger partial charge in [-0.3, -0.25) is 0 Å². The van der Waals surface area contributed by atoms with Crippen molar-refractivity contribution >= 4 is 31.6 Å². The Kier molecular flexibility index (Phi) is 7.03. The third-order valence-corrected chi connectivity index (χ3v) is 8.82. The normalized spacial score (nSPS) is 13.0. The molecule has 0 amide bonds. The smallest absolute Gasteiger partial charge is 0.243 e. The van der Waals surface area contributed by atoms with Gasteiger partial charge >= 0.3 is 0 Å². The summed E-state index contributed by atoms with van der Waals surface area (Å²) in [5, 5.41) is 0.909. The number of fused-ring (bicyclic) bond motifs is 1. The van der Waals surface area contributed by atoms with Gasteiger partial charge in [-0.05, 0) is 60.4 Å². The molecule has 5 nitrogen and oxygen atoms in total. The molecule has 3 rings (SSSR count). The minimum atomic E-state index is -3.70. The van der Waals surface area contributed by atoms with E-state index in [4.69, 9.17) is 4.74 Å². The molecule has 1 N–H and O–H groups in total. The van der Waals surface area contributed by atoms with E-state index in [0.717, 1.165) is 33.6 Å². The molecule has 0 radical (unpaired) electrons. The van der Waals surface area contributed by atoms with Crippen LogP contribution in [0.5, 0.6) is 5.75 Å². The second-order valence-electron chi connectivity index (χ2n) is 9.48. The van der Waals surface area contributed by atoms with E-state index in [1.54, 1.807) is 18.2 Å². The summed E-state index contributed by atoms with van der Waals surface area (Å²) >= 11 is 1.48. The number of hydrogen-bond donors (Lipinski definition) is 1. The molecule has 0 aliphatic rings. The Bertz CT molecular complexity index is 1210. The van der Waals surface area contributed by atoms with Gasteiger partial charge in [-0.2, -0.15) is 4.72 Å². The van der Waals surface area contributed by atoms with Gasteiger partial charge in [-0.25, -0.2) is 13.4 Å². The molecular weight excluding hydrogens is 440 g/mol. The fourth-order valence-electron chi connectivity index (χ4n) is 3.46. The molecule has 32 heavy (non-hydrogen) atoms. The summed E-state index contributed by atoms with van der Waals surface area (Å²) in [6.45, 7) is 15.0. The zero-order chi connectivity index (χ0) is 23.7. The first-order chi connectivity index (χ1) is 14.9. The van der Waals surface area contributed by atoms with E-state index in [-0.39, 0.29) is 22.5 Å².